The summed E-state index contributed by atoms with van der Waals surface area (Å²) in [4.78, 5) is 0. The topological polar surface area (TPSA) is 99.4 Å². The van der Waals surface area contributed by atoms with Crippen LogP contribution in [-0.2, 0) is 0 Å². The van der Waals surface area contributed by atoms with E-state index in [-0.39, 0.29) is 23.0 Å². The maximum absolute atomic E-state index is 11.4. The first-order valence-corrected chi connectivity index (χ1v) is 13.3. The number of phenolic OH excluding ortho intramolecular Hbond substituents is 4. The molecule has 0 saturated carbocycles. The Bertz CT molecular complexity index is 1620. The highest BCUT2D eigenvalue weighted by molar-refractivity contribution is 5.60. The molecule has 0 saturated heterocycles. The smallest absolute Gasteiger partial charge is 0.128 e. The molecule has 0 bridgehead atoms. The third-order valence-corrected chi connectivity index (χ3v) is 7.17. The van der Waals surface area contributed by atoms with Crippen LogP contribution in [0.25, 0.3) is 0 Å². The van der Waals surface area contributed by atoms with Gasteiger partial charge in [0.25, 0.3) is 0 Å². The fourth-order valence-corrected chi connectivity index (χ4v) is 4.93. The number of rotatable bonds is 7. The van der Waals surface area contributed by atoms with E-state index >= 15 is 0 Å². The van der Waals surface area contributed by atoms with Crippen molar-refractivity contribution in [2.75, 3.05) is 0 Å². The highest BCUT2D eigenvalue weighted by atomic mass is 16.5. The molecule has 6 heteroatoms. The second-order valence-electron chi connectivity index (χ2n) is 10.3. The van der Waals surface area contributed by atoms with Crippen molar-refractivity contribution in [3.63, 3.8) is 0 Å². The molecule has 0 heterocycles. The van der Waals surface area contributed by atoms with E-state index in [9.17, 15) is 20.4 Å². The van der Waals surface area contributed by atoms with Crippen LogP contribution in [0.2, 0.25) is 0 Å². The van der Waals surface area contributed by atoms with Crippen LogP contribution in [0.5, 0.6) is 46.0 Å². The van der Waals surface area contributed by atoms with Crippen LogP contribution in [0.1, 0.15) is 44.9 Å². The number of aryl methyl sites for hydroxylation is 4. The number of aromatic hydroxyl groups is 4. The number of ether oxygens (including phenoxy) is 2. The van der Waals surface area contributed by atoms with Gasteiger partial charge in [-0.1, -0.05) is 30.3 Å². The zero-order valence-corrected chi connectivity index (χ0v) is 23.3. The van der Waals surface area contributed by atoms with Crippen molar-refractivity contribution >= 4 is 0 Å². The first-order valence-electron chi connectivity index (χ1n) is 13.3. The molecule has 0 radical (unpaired) electrons. The molecule has 0 unspecified atom stereocenters. The summed E-state index contributed by atoms with van der Waals surface area (Å²) >= 11 is 0. The summed E-state index contributed by atoms with van der Waals surface area (Å²) in [6.07, 6.45) is 0. The minimum atomic E-state index is -0.566. The third kappa shape index (κ3) is 5.77. The second-order valence-corrected chi connectivity index (χ2v) is 10.3. The van der Waals surface area contributed by atoms with E-state index in [0.29, 0.717) is 56.4 Å². The molecule has 208 valence electrons. The Kier molecular flexibility index (Phi) is 7.49. The summed E-state index contributed by atoms with van der Waals surface area (Å²) in [6.45, 7) is 7.18. The lowest BCUT2D eigenvalue weighted by Crippen LogP contribution is -2.06. The third-order valence-electron chi connectivity index (χ3n) is 7.17. The minimum Gasteiger partial charge on any atom is -0.508 e. The van der Waals surface area contributed by atoms with Gasteiger partial charge in [0.05, 0.1) is 0 Å². The molecule has 5 aromatic rings. The zero-order valence-electron chi connectivity index (χ0n) is 23.3. The van der Waals surface area contributed by atoms with E-state index in [1.165, 1.54) is 0 Å². The van der Waals surface area contributed by atoms with Gasteiger partial charge in [0.1, 0.15) is 46.0 Å². The lowest BCUT2D eigenvalue weighted by atomic mass is 9.82. The molecule has 6 nitrogen and oxygen atoms in total. The van der Waals surface area contributed by atoms with Gasteiger partial charge in [0.15, 0.2) is 0 Å². The van der Waals surface area contributed by atoms with E-state index in [4.69, 9.17) is 9.47 Å². The average molecular weight is 549 g/mol. The standard InChI is InChI=1S/C35H32O6/c1-20-14-25(10-12-31(20)36)40-27-16-22(3)34(38)29(18-27)33(24-8-6-5-7-9-24)30-19-28(17-23(4)35(30)39)41-26-11-13-32(37)21(2)15-26/h5-19,33,36-39H,1-4H3. The van der Waals surface area contributed by atoms with E-state index in [0.717, 1.165) is 5.56 Å². The quantitative estimate of drug-likeness (QED) is 0.152. The highest BCUT2D eigenvalue weighted by Gasteiger charge is 2.26. The molecule has 0 spiro atoms. The summed E-state index contributed by atoms with van der Waals surface area (Å²) < 4.78 is 12.3. The number of phenols is 4. The van der Waals surface area contributed by atoms with Gasteiger partial charge in [-0.2, -0.15) is 0 Å². The van der Waals surface area contributed by atoms with E-state index in [2.05, 4.69) is 0 Å². The summed E-state index contributed by atoms with van der Waals surface area (Å²) in [5.41, 5.74) is 4.53. The maximum atomic E-state index is 11.4. The number of benzene rings is 5. The molecule has 4 N–H and O–H groups in total. The van der Waals surface area contributed by atoms with Crippen molar-refractivity contribution in [2.45, 2.75) is 33.6 Å². The van der Waals surface area contributed by atoms with Gasteiger partial charge in [-0.25, -0.2) is 0 Å². The molecule has 0 aromatic heterocycles. The lowest BCUT2D eigenvalue weighted by molar-refractivity contribution is 0.442. The van der Waals surface area contributed by atoms with E-state index in [1.807, 2.05) is 30.3 Å². The van der Waals surface area contributed by atoms with Gasteiger partial charge in [0, 0.05) is 17.0 Å². The Labute approximate surface area is 239 Å². The van der Waals surface area contributed by atoms with Gasteiger partial charge in [-0.15, -0.1) is 0 Å². The van der Waals surface area contributed by atoms with Crippen LogP contribution in [0, 0.1) is 27.7 Å². The molecule has 0 atom stereocenters. The minimum absolute atomic E-state index is 0.0885. The molecule has 0 aliphatic rings. The summed E-state index contributed by atoms with van der Waals surface area (Å²) in [5.74, 6) is 2.07. The van der Waals surface area contributed by atoms with Gasteiger partial charge in [-0.05, 0) is 116 Å². The Morgan fingerprint density at radius 3 is 1.29 bits per heavy atom. The monoisotopic (exact) mass is 548 g/mol. The fourth-order valence-electron chi connectivity index (χ4n) is 4.93. The molecule has 5 rings (SSSR count). The summed E-state index contributed by atoms with van der Waals surface area (Å²) in [5, 5.41) is 42.5. The van der Waals surface area contributed by atoms with Crippen LogP contribution in [0.4, 0.5) is 0 Å². The van der Waals surface area contributed by atoms with Crippen molar-refractivity contribution in [2.24, 2.45) is 0 Å². The first kappa shape index (κ1) is 27.5. The molecule has 0 fully saturated rings. The molecular formula is C35H32O6. The van der Waals surface area contributed by atoms with Gasteiger partial charge in [0.2, 0.25) is 0 Å². The van der Waals surface area contributed by atoms with Crippen LogP contribution in [0.15, 0.2) is 91.0 Å². The highest BCUT2D eigenvalue weighted by Crippen LogP contribution is 2.46. The second kappa shape index (κ2) is 11.2. The number of hydrogen-bond donors (Lipinski definition) is 4. The van der Waals surface area contributed by atoms with Gasteiger partial charge in [-0.3, -0.25) is 0 Å². The van der Waals surface area contributed by atoms with Gasteiger partial charge < -0.3 is 29.9 Å². The van der Waals surface area contributed by atoms with Crippen molar-refractivity contribution in [3.8, 4) is 46.0 Å². The molecule has 0 amide bonds. The Morgan fingerprint density at radius 1 is 0.463 bits per heavy atom. The first-order chi connectivity index (χ1) is 19.6. The van der Waals surface area contributed by atoms with Crippen molar-refractivity contribution < 1.29 is 29.9 Å². The molecule has 41 heavy (non-hydrogen) atoms. The predicted molar refractivity (Wildman–Crippen MR) is 159 cm³/mol. The largest absolute Gasteiger partial charge is 0.508 e. The van der Waals surface area contributed by atoms with Crippen LogP contribution >= 0.6 is 0 Å². The Morgan fingerprint density at radius 2 is 0.878 bits per heavy atom. The predicted octanol–water partition coefficient (Wildman–Crippen LogP) is 8.51. The molecular weight excluding hydrogens is 516 g/mol. The normalized spacial score (nSPS) is 11.0. The van der Waals surface area contributed by atoms with Crippen molar-refractivity contribution in [1.29, 1.82) is 0 Å². The SMILES string of the molecule is Cc1cc(Oc2cc(C)c(O)c(C(c3ccccc3)c3cc(Oc4ccc(O)c(C)c4)cc(C)c3O)c2)ccc1O. The average Bonchev–Trinajstić information content (AvgIpc) is 2.94. The maximum Gasteiger partial charge on any atom is 0.128 e. The number of hydrogen-bond acceptors (Lipinski definition) is 6. The van der Waals surface area contributed by atoms with Gasteiger partial charge >= 0.3 is 0 Å². The van der Waals surface area contributed by atoms with Crippen LogP contribution in [-0.4, -0.2) is 20.4 Å². The van der Waals surface area contributed by atoms with Crippen LogP contribution < -0.4 is 9.47 Å². The summed E-state index contributed by atoms with van der Waals surface area (Å²) in [6, 6.07) is 26.7. The molecule has 0 aliphatic carbocycles. The summed E-state index contributed by atoms with van der Waals surface area (Å²) in [7, 11) is 0. The van der Waals surface area contributed by atoms with Crippen molar-refractivity contribution in [1.82, 2.24) is 0 Å². The molecule has 5 aromatic carbocycles. The fraction of sp³-hybridized carbons (Fsp3) is 0.143. The zero-order chi connectivity index (χ0) is 29.3. The lowest BCUT2D eigenvalue weighted by Gasteiger charge is -2.24. The Balaban J connectivity index is 1.64. The van der Waals surface area contributed by atoms with Crippen molar-refractivity contribution in [3.05, 3.63) is 130 Å². The van der Waals surface area contributed by atoms with E-state index in [1.54, 1.807) is 88.4 Å². The van der Waals surface area contributed by atoms with Crippen LogP contribution in [0.3, 0.4) is 0 Å². The Hall–Kier alpha value is -5.10. The molecule has 0 aliphatic heterocycles. The van der Waals surface area contributed by atoms with E-state index < -0.39 is 5.92 Å².